The molecule has 0 aliphatic rings. The quantitative estimate of drug-likeness (QED) is 0.618. The highest BCUT2D eigenvalue weighted by atomic mass is 32.2. The Kier molecular flexibility index (Phi) is 8.19. The zero-order valence-corrected chi connectivity index (χ0v) is 18.1. The first-order valence-electron chi connectivity index (χ1n) is 9.59. The lowest BCUT2D eigenvalue weighted by atomic mass is 10.1. The van der Waals surface area contributed by atoms with E-state index in [0.29, 0.717) is 24.5 Å². The van der Waals surface area contributed by atoms with E-state index >= 15 is 0 Å². The molecule has 0 radical (unpaired) electrons. The third-order valence-electron chi connectivity index (χ3n) is 4.67. The van der Waals surface area contributed by atoms with Gasteiger partial charge in [0.1, 0.15) is 5.75 Å². The predicted octanol–water partition coefficient (Wildman–Crippen LogP) is 3.02. The summed E-state index contributed by atoms with van der Waals surface area (Å²) in [6, 6.07) is 13.8. The number of carbonyl (C=O) groups excluding carboxylic acids is 1. The van der Waals surface area contributed by atoms with Crippen LogP contribution in [0.5, 0.6) is 5.75 Å². The van der Waals surface area contributed by atoms with E-state index in [-0.39, 0.29) is 23.4 Å². The molecule has 1 atom stereocenters. The highest BCUT2D eigenvalue weighted by Crippen LogP contribution is 2.23. The number of para-hydroxylation sites is 2. The lowest BCUT2D eigenvalue weighted by Crippen LogP contribution is -2.31. The van der Waals surface area contributed by atoms with Gasteiger partial charge in [-0.25, -0.2) is 8.42 Å². The van der Waals surface area contributed by atoms with E-state index in [9.17, 15) is 13.2 Å². The van der Waals surface area contributed by atoms with E-state index in [4.69, 9.17) is 4.74 Å². The van der Waals surface area contributed by atoms with Crippen LogP contribution in [0.25, 0.3) is 0 Å². The van der Waals surface area contributed by atoms with Gasteiger partial charge in [-0.3, -0.25) is 4.79 Å². The number of nitrogens with one attached hydrogen (secondary N) is 2. The summed E-state index contributed by atoms with van der Waals surface area (Å²) in [6.07, 6.45) is 0. The summed E-state index contributed by atoms with van der Waals surface area (Å²) in [5.74, 6) is 0.404. The van der Waals surface area contributed by atoms with E-state index < -0.39 is 10.0 Å². The standard InChI is InChI=1S/C21H29N3O4S/c1-5-24(6-2)29(26,27)18-13-11-17(12-14-18)16(3)22-15-21(25)23-19-9-7-8-10-20(19)28-4/h7-14,16,22H,5-6,15H2,1-4H3,(H,23,25)/t16-/m1/s1. The summed E-state index contributed by atoms with van der Waals surface area (Å²) in [5, 5.41) is 5.96. The Labute approximate surface area is 173 Å². The van der Waals surface area contributed by atoms with Gasteiger partial charge in [-0.2, -0.15) is 4.31 Å². The summed E-state index contributed by atoms with van der Waals surface area (Å²) in [6.45, 7) is 6.53. The predicted molar refractivity (Wildman–Crippen MR) is 115 cm³/mol. The molecule has 158 valence electrons. The van der Waals surface area contributed by atoms with Crippen LogP contribution in [-0.4, -0.2) is 45.4 Å². The number of amides is 1. The molecule has 0 spiro atoms. The third-order valence-corrected chi connectivity index (χ3v) is 6.74. The van der Waals surface area contributed by atoms with Crippen molar-refractivity contribution in [3.05, 3.63) is 54.1 Å². The number of sulfonamides is 1. The summed E-state index contributed by atoms with van der Waals surface area (Å²) in [5.41, 5.74) is 1.51. The summed E-state index contributed by atoms with van der Waals surface area (Å²) >= 11 is 0. The summed E-state index contributed by atoms with van der Waals surface area (Å²) in [7, 11) is -1.92. The van der Waals surface area contributed by atoms with Crippen molar-refractivity contribution >= 4 is 21.6 Å². The van der Waals surface area contributed by atoms with Crippen LogP contribution in [0.1, 0.15) is 32.4 Å². The van der Waals surface area contributed by atoms with Gasteiger partial charge in [0.05, 0.1) is 24.2 Å². The number of ether oxygens (including phenoxy) is 1. The Balaban J connectivity index is 1.97. The molecule has 7 nitrogen and oxygen atoms in total. The SMILES string of the molecule is CCN(CC)S(=O)(=O)c1ccc([C@@H](C)NCC(=O)Nc2ccccc2OC)cc1. The Bertz CT molecular complexity index is 910. The number of hydrogen-bond donors (Lipinski definition) is 2. The minimum atomic E-state index is -3.47. The lowest BCUT2D eigenvalue weighted by Gasteiger charge is -2.19. The second-order valence-electron chi connectivity index (χ2n) is 6.51. The monoisotopic (exact) mass is 419 g/mol. The van der Waals surface area contributed by atoms with Gasteiger partial charge in [-0.15, -0.1) is 0 Å². The normalized spacial score (nSPS) is 12.6. The summed E-state index contributed by atoms with van der Waals surface area (Å²) in [4.78, 5) is 12.5. The van der Waals surface area contributed by atoms with Crippen molar-refractivity contribution in [2.24, 2.45) is 0 Å². The van der Waals surface area contributed by atoms with E-state index in [1.807, 2.05) is 32.9 Å². The van der Waals surface area contributed by atoms with Crippen molar-refractivity contribution in [2.45, 2.75) is 31.7 Å². The van der Waals surface area contributed by atoms with Gasteiger partial charge >= 0.3 is 0 Å². The molecule has 1 amide bonds. The van der Waals surface area contributed by atoms with Gasteiger partial charge in [-0.1, -0.05) is 38.1 Å². The number of nitrogens with zero attached hydrogens (tertiary/aromatic N) is 1. The number of hydrogen-bond acceptors (Lipinski definition) is 5. The zero-order chi connectivity index (χ0) is 21.4. The van der Waals surface area contributed by atoms with Gasteiger partial charge in [0.25, 0.3) is 0 Å². The van der Waals surface area contributed by atoms with E-state index in [1.54, 1.807) is 43.5 Å². The maximum atomic E-state index is 12.6. The second kappa shape index (κ2) is 10.4. The molecule has 0 fully saturated rings. The smallest absolute Gasteiger partial charge is 0.243 e. The van der Waals surface area contributed by atoms with E-state index in [1.165, 1.54) is 4.31 Å². The fraction of sp³-hybridized carbons (Fsp3) is 0.381. The first-order chi connectivity index (χ1) is 13.8. The van der Waals surface area contributed by atoms with Gasteiger partial charge in [0, 0.05) is 19.1 Å². The largest absolute Gasteiger partial charge is 0.495 e. The van der Waals surface area contributed by atoms with Crippen LogP contribution >= 0.6 is 0 Å². The topological polar surface area (TPSA) is 87.7 Å². The number of anilines is 1. The average molecular weight is 420 g/mol. The van der Waals surface area contributed by atoms with E-state index in [2.05, 4.69) is 10.6 Å². The van der Waals surface area contributed by atoms with Crippen molar-refractivity contribution in [1.29, 1.82) is 0 Å². The van der Waals surface area contributed by atoms with Crippen molar-refractivity contribution in [3.63, 3.8) is 0 Å². The first kappa shape index (κ1) is 22.9. The molecule has 0 saturated heterocycles. The van der Waals surface area contributed by atoms with Crippen LogP contribution in [0.2, 0.25) is 0 Å². The van der Waals surface area contributed by atoms with Gasteiger partial charge in [-0.05, 0) is 36.8 Å². The van der Waals surface area contributed by atoms with Crippen LogP contribution in [-0.2, 0) is 14.8 Å². The molecule has 29 heavy (non-hydrogen) atoms. The number of methoxy groups -OCH3 is 1. The Morgan fingerprint density at radius 1 is 1.07 bits per heavy atom. The highest BCUT2D eigenvalue weighted by Gasteiger charge is 2.21. The van der Waals surface area contributed by atoms with Gasteiger partial charge < -0.3 is 15.4 Å². The molecule has 8 heteroatoms. The number of carbonyl (C=O) groups is 1. The van der Waals surface area contributed by atoms with Gasteiger partial charge in [0.2, 0.25) is 15.9 Å². The van der Waals surface area contributed by atoms with Crippen LogP contribution in [0.4, 0.5) is 5.69 Å². The number of benzene rings is 2. The molecule has 2 rings (SSSR count). The van der Waals surface area contributed by atoms with Crippen molar-refractivity contribution in [2.75, 3.05) is 32.1 Å². The van der Waals surface area contributed by atoms with Crippen molar-refractivity contribution in [1.82, 2.24) is 9.62 Å². The van der Waals surface area contributed by atoms with Crippen LogP contribution < -0.4 is 15.4 Å². The molecule has 0 aliphatic carbocycles. The molecule has 2 aromatic carbocycles. The molecule has 0 saturated carbocycles. The first-order valence-corrected chi connectivity index (χ1v) is 11.0. The molecule has 0 bridgehead atoms. The minimum Gasteiger partial charge on any atom is -0.495 e. The van der Waals surface area contributed by atoms with Crippen molar-refractivity contribution in [3.8, 4) is 5.75 Å². The maximum Gasteiger partial charge on any atom is 0.243 e. The van der Waals surface area contributed by atoms with E-state index in [0.717, 1.165) is 5.56 Å². The Morgan fingerprint density at radius 3 is 2.28 bits per heavy atom. The average Bonchev–Trinajstić information content (AvgIpc) is 2.73. The molecule has 0 aromatic heterocycles. The lowest BCUT2D eigenvalue weighted by molar-refractivity contribution is -0.115. The third kappa shape index (κ3) is 5.79. The van der Waals surface area contributed by atoms with Crippen molar-refractivity contribution < 1.29 is 17.9 Å². The Hall–Kier alpha value is -2.42. The fourth-order valence-corrected chi connectivity index (χ4v) is 4.41. The molecule has 2 N–H and O–H groups in total. The van der Waals surface area contributed by atoms with Gasteiger partial charge in [0.15, 0.2) is 0 Å². The second-order valence-corrected chi connectivity index (χ2v) is 8.45. The fourth-order valence-electron chi connectivity index (χ4n) is 2.95. The summed E-state index contributed by atoms with van der Waals surface area (Å²) < 4.78 is 31.8. The molecule has 0 unspecified atom stereocenters. The maximum absolute atomic E-state index is 12.6. The molecule has 0 aliphatic heterocycles. The molecular weight excluding hydrogens is 390 g/mol. The van der Waals surface area contributed by atoms with Crippen LogP contribution in [0, 0.1) is 0 Å². The Morgan fingerprint density at radius 2 is 1.69 bits per heavy atom. The molecular formula is C21H29N3O4S. The molecule has 0 heterocycles. The molecule has 2 aromatic rings. The number of rotatable bonds is 10. The zero-order valence-electron chi connectivity index (χ0n) is 17.3. The highest BCUT2D eigenvalue weighted by molar-refractivity contribution is 7.89. The van der Waals surface area contributed by atoms with Crippen LogP contribution in [0.3, 0.4) is 0 Å². The van der Waals surface area contributed by atoms with Crippen LogP contribution in [0.15, 0.2) is 53.4 Å². The minimum absolute atomic E-state index is 0.110.